The number of hydrogen-bond donors (Lipinski definition) is 1. The molecule has 0 bridgehead atoms. The van der Waals surface area contributed by atoms with E-state index in [1.54, 1.807) is 0 Å². The Labute approximate surface area is 111 Å². The highest BCUT2D eigenvalue weighted by Crippen LogP contribution is 2.21. The van der Waals surface area contributed by atoms with Gasteiger partial charge in [0.1, 0.15) is 5.82 Å². The SMILES string of the molecule is Cc1ccc(NC2CCN(C(C)(C)C)CC2)nc1. The van der Waals surface area contributed by atoms with Crippen molar-refractivity contribution in [1.82, 2.24) is 9.88 Å². The first-order valence-electron chi connectivity index (χ1n) is 6.89. The van der Waals surface area contributed by atoms with Crippen LogP contribution in [0.15, 0.2) is 18.3 Å². The van der Waals surface area contributed by atoms with Gasteiger partial charge in [0.15, 0.2) is 0 Å². The Bertz CT molecular complexity index is 370. The second kappa shape index (κ2) is 5.27. The summed E-state index contributed by atoms with van der Waals surface area (Å²) in [6.07, 6.45) is 4.33. The molecular formula is C15H25N3. The fraction of sp³-hybridized carbons (Fsp3) is 0.667. The molecule has 0 aromatic carbocycles. The zero-order chi connectivity index (χ0) is 13.2. The number of nitrogens with one attached hydrogen (secondary N) is 1. The van der Waals surface area contributed by atoms with E-state index < -0.39 is 0 Å². The molecule has 0 saturated carbocycles. The van der Waals surface area contributed by atoms with E-state index in [1.807, 2.05) is 6.20 Å². The first-order chi connectivity index (χ1) is 8.45. The fourth-order valence-electron chi connectivity index (χ4n) is 2.46. The molecule has 3 heteroatoms. The number of aromatic nitrogens is 1. The Balaban J connectivity index is 1.85. The molecule has 0 atom stereocenters. The number of rotatable bonds is 2. The third-order valence-electron chi connectivity index (χ3n) is 3.71. The number of aryl methyl sites for hydroxylation is 1. The lowest BCUT2D eigenvalue weighted by atomic mass is 9.98. The zero-order valence-corrected chi connectivity index (χ0v) is 12.0. The molecule has 2 heterocycles. The van der Waals surface area contributed by atoms with Crippen molar-refractivity contribution in [2.45, 2.75) is 52.1 Å². The van der Waals surface area contributed by atoms with E-state index in [0.717, 1.165) is 5.82 Å². The van der Waals surface area contributed by atoms with Gasteiger partial charge < -0.3 is 5.32 Å². The van der Waals surface area contributed by atoms with Crippen LogP contribution >= 0.6 is 0 Å². The van der Waals surface area contributed by atoms with Crippen LogP contribution in [0.1, 0.15) is 39.2 Å². The van der Waals surface area contributed by atoms with Gasteiger partial charge in [0.2, 0.25) is 0 Å². The molecule has 1 aliphatic heterocycles. The molecule has 1 fully saturated rings. The summed E-state index contributed by atoms with van der Waals surface area (Å²) in [5.41, 5.74) is 1.51. The second-order valence-electron chi connectivity index (χ2n) is 6.30. The van der Waals surface area contributed by atoms with Crippen LogP contribution in [0.25, 0.3) is 0 Å². The summed E-state index contributed by atoms with van der Waals surface area (Å²) in [6, 6.07) is 4.75. The average Bonchev–Trinajstić information content (AvgIpc) is 2.32. The fourth-order valence-corrected chi connectivity index (χ4v) is 2.46. The molecular weight excluding hydrogens is 222 g/mol. The van der Waals surface area contributed by atoms with Crippen molar-refractivity contribution in [3.05, 3.63) is 23.9 Å². The molecule has 1 N–H and O–H groups in total. The quantitative estimate of drug-likeness (QED) is 0.870. The van der Waals surface area contributed by atoms with E-state index in [9.17, 15) is 0 Å². The molecule has 1 aromatic rings. The third kappa shape index (κ3) is 3.45. The maximum atomic E-state index is 4.42. The van der Waals surface area contributed by atoms with Crippen LogP contribution in [0.5, 0.6) is 0 Å². The van der Waals surface area contributed by atoms with Crippen LogP contribution < -0.4 is 5.32 Å². The van der Waals surface area contributed by atoms with Gasteiger partial charge >= 0.3 is 0 Å². The summed E-state index contributed by atoms with van der Waals surface area (Å²) in [5.74, 6) is 1.01. The molecule has 1 saturated heterocycles. The molecule has 18 heavy (non-hydrogen) atoms. The van der Waals surface area contributed by atoms with Crippen molar-refractivity contribution in [1.29, 1.82) is 0 Å². The number of hydrogen-bond acceptors (Lipinski definition) is 3. The third-order valence-corrected chi connectivity index (χ3v) is 3.71. The first-order valence-corrected chi connectivity index (χ1v) is 6.89. The summed E-state index contributed by atoms with van der Waals surface area (Å²) in [4.78, 5) is 6.98. The van der Waals surface area contributed by atoms with Crippen molar-refractivity contribution in [3.63, 3.8) is 0 Å². The maximum Gasteiger partial charge on any atom is 0.126 e. The van der Waals surface area contributed by atoms with E-state index in [2.05, 4.69) is 55.0 Å². The second-order valence-corrected chi connectivity index (χ2v) is 6.30. The van der Waals surface area contributed by atoms with Crippen LogP contribution in [0.2, 0.25) is 0 Å². The Morgan fingerprint density at radius 1 is 1.22 bits per heavy atom. The van der Waals surface area contributed by atoms with E-state index >= 15 is 0 Å². The maximum absolute atomic E-state index is 4.42. The van der Waals surface area contributed by atoms with Crippen molar-refractivity contribution in [3.8, 4) is 0 Å². The van der Waals surface area contributed by atoms with Gasteiger partial charge in [-0.2, -0.15) is 0 Å². The summed E-state index contributed by atoms with van der Waals surface area (Å²) >= 11 is 0. The lowest BCUT2D eigenvalue weighted by molar-refractivity contribution is 0.106. The van der Waals surface area contributed by atoms with Gasteiger partial charge in [-0.25, -0.2) is 4.98 Å². The Morgan fingerprint density at radius 2 is 1.89 bits per heavy atom. The molecule has 3 nitrogen and oxygen atoms in total. The van der Waals surface area contributed by atoms with Gasteiger partial charge in [0.05, 0.1) is 0 Å². The van der Waals surface area contributed by atoms with E-state index in [0.29, 0.717) is 11.6 Å². The van der Waals surface area contributed by atoms with Crippen LogP contribution in [-0.2, 0) is 0 Å². The van der Waals surface area contributed by atoms with E-state index in [1.165, 1.54) is 31.5 Å². The number of nitrogens with zero attached hydrogens (tertiary/aromatic N) is 2. The molecule has 1 aliphatic rings. The van der Waals surface area contributed by atoms with Gasteiger partial charge in [-0.3, -0.25) is 4.90 Å². The van der Waals surface area contributed by atoms with E-state index in [-0.39, 0.29) is 0 Å². The van der Waals surface area contributed by atoms with E-state index in [4.69, 9.17) is 0 Å². The highest BCUT2D eigenvalue weighted by Gasteiger charge is 2.26. The zero-order valence-electron chi connectivity index (χ0n) is 12.0. The van der Waals surface area contributed by atoms with Gasteiger partial charge in [0.25, 0.3) is 0 Å². The van der Waals surface area contributed by atoms with Crippen LogP contribution in [0.3, 0.4) is 0 Å². The topological polar surface area (TPSA) is 28.2 Å². The van der Waals surface area contributed by atoms with Gasteiger partial charge in [0, 0.05) is 30.9 Å². The largest absolute Gasteiger partial charge is 0.367 e. The lowest BCUT2D eigenvalue weighted by Gasteiger charge is -2.41. The number of likely N-dealkylation sites (tertiary alicyclic amines) is 1. The molecule has 2 rings (SSSR count). The first kappa shape index (κ1) is 13.3. The Kier molecular flexibility index (Phi) is 3.91. The van der Waals surface area contributed by atoms with Gasteiger partial charge in [-0.1, -0.05) is 6.07 Å². The van der Waals surface area contributed by atoms with Gasteiger partial charge in [-0.15, -0.1) is 0 Å². The van der Waals surface area contributed by atoms with Crippen LogP contribution in [0, 0.1) is 6.92 Å². The number of pyridine rings is 1. The molecule has 1 aromatic heterocycles. The van der Waals surface area contributed by atoms with Crippen molar-refractivity contribution < 1.29 is 0 Å². The number of piperidine rings is 1. The summed E-state index contributed by atoms with van der Waals surface area (Å²) in [7, 11) is 0. The van der Waals surface area contributed by atoms with Gasteiger partial charge in [-0.05, 0) is 52.2 Å². The highest BCUT2D eigenvalue weighted by molar-refractivity contribution is 5.36. The standard InChI is InChI=1S/C15H25N3/c1-12-5-6-14(16-11-12)17-13-7-9-18(10-8-13)15(2,3)4/h5-6,11,13H,7-10H2,1-4H3,(H,16,17). The average molecular weight is 247 g/mol. The van der Waals surface area contributed by atoms with Crippen LogP contribution in [0.4, 0.5) is 5.82 Å². The lowest BCUT2D eigenvalue weighted by Crippen LogP contribution is -2.48. The Morgan fingerprint density at radius 3 is 2.39 bits per heavy atom. The molecule has 0 radical (unpaired) electrons. The van der Waals surface area contributed by atoms with Crippen molar-refractivity contribution >= 4 is 5.82 Å². The van der Waals surface area contributed by atoms with Crippen molar-refractivity contribution in [2.75, 3.05) is 18.4 Å². The smallest absolute Gasteiger partial charge is 0.126 e. The molecule has 0 unspecified atom stereocenters. The predicted molar refractivity (Wildman–Crippen MR) is 76.9 cm³/mol. The van der Waals surface area contributed by atoms with Crippen LogP contribution in [-0.4, -0.2) is 34.6 Å². The molecule has 0 spiro atoms. The predicted octanol–water partition coefficient (Wildman–Crippen LogP) is 3.06. The minimum Gasteiger partial charge on any atom is -0.367 e. The van der Waals surface area contributed by atoms with Crippen molar-refractivity contribution in [2.24, 2.45) is 0 Å². The highest BCUT2D eigenvalue weighted by atomic mass is 15.2. The number of anilines is 1. The normalized spacial score (nSPS) is 18.9. The molecule has 100 valence electrons. The summed E-state index contributed by atoms with van der Waals surface area (Å²) in [5, 5.41) is 3.54. The Hall–Kier alpha value is -1.09. The minimum absolute atomic E-state index is 0.299. The monoisotopic (exact) mass is 247 g/mol. The summed E-state index contributed by atoms with van der Waals surface area (Å²) in [6.45, 7) is 11.3. The summed E-state index contributed by atoms with van der Waals surface area (Å²) < 4.78 is 0. The molecule has 0 aliphatic carbocycles. The minimum atomic E-state index is 0.299. The molecule has 0 amide bonds.